The summed E-state index contributed by atoms with van der Waals surface area (Å²) in [5.74, 6) is 0. The number of thiophene rings is 1. The zero-order chi connectivity index (χ0) is 13.5. The Balaban J connectivity index is 2.08. The van der Waals surface area contributed by atoms with Crippen molar-refractivity contribution in [1.29, 1.82) is 0 Å². The van der Waals surface area contributed by atoms with Gasteiger partial charge in [-0.25, -0.2) is 0 Å². The SMILES string of the molecule is Bc1cc(-c2ccncc2)cc2c1sc1ccccc12. The first-order chi connectivity index (χ1) is 9.83. The van der Waals surface area contributed by atoms with E-state index in [0.717, 1.165) is 0 Å². The largest absolute Gasteiger partial charge is 0.265 e. The summed E-state index contributed by atoms with van der Waals surface area (Å²) in [4.78, 5) is 4.10. The molecule has 4 rings (SSSR count). The summed E-state index contributed by atoms with van der Waals surface area (Å²) in [7, 11) is 2.20. The van der Waals surface area contributed by atoms with Crippen LogP contribution in [0.2, 0.25) is 0 Å². The molecule has 2 aromatic heterocycles. The van der Waals surface area contributed by atoms with Gasteiger partial charge in [-0.15, -0.1) is 11.3 Å². The van der Waals surface area contributed by atoms with E-state index in [1.54, 1.807) is 0 Å². The predicted octanol–water partition coefficient (Wildman–Crippen LogP) is 3.37. The molecule has 0 aliphatic heterocycles. The molecule has 1 nitrogen and oxygen atoms in total. The lowest BCUT2D eigenvalue weighted by Crippen LogP contribution is -2.02. The number of hydrogen-bond donors (Lipinski definition) is 0. The van der Waals surface area contributed by atoms with Crippen LogP contribution in [0.1, 0.15) is 0 Å². The molecule has 0 N–H and O–H groups in total. The van der Waals surface area contributed by atoms with Gasteiger partial charge in [0.25, 0.3) is 0 Å². The number of hydrogen-bond acceptors (Lipinski definition) is 2. The minimum Gasteiger partial charge on any atom is -0.265 e. The molecule has 0 amide bonds. The number of nitrogens with zero attached hydrogens (tertiary/aromatic N) is 1. The number of aromatic nitrogens is 1. The normalized spacial score (nSPS) is 11.2. The molecule has 0 atom stereocenters. The molecule has 2 aromatic carbocycles. The Kier molecular flexibility index (Phi) is 2.61. The average molecular weight is 273 g/mol. The monoisotopic (exact) mass is 273 g/mol. The van der Waals surface area contributed by atoms with E-state index in [-0.39, 0.29) is 0 Å². The maximum absolute atomic E-state index is 4.10. The second-order valence-electron chi connectivity index (χ2n) is 5.00. The van der Waals surface area contributed by atoms with E-state index in [0.29, 0.717) is 0 Å². The average Bonchev–Trinajstić information content (AvgIpc) is 2.88. The third kappa shape index (κ3) is 1.74. The smallest absolute Gasteiger partial charge is 0.141 e. The molecule has 0 saturated carbocycles. The summed E-state index contributed by atoms with van der Waals surface area (Å²) < 4.78 is 2.75. The van der Waals surface area contributed by atoms with Crippen LogP contribution in [0.15, 0.2) is 60.9 Å². The lowest BCUT2D eigenvalue weighted by molar-refractivity contribution is 1.33. The molecule has 4 aromatic rings. The molecule has 0 saturated heterocycles. The van der Waals surface area contributed by atoms with Crippen molar-refractivity contribution in [1.82, 2.24) is 4.98 Å². The van der Waals surface area contributed by atoms with Gasteiger partial charge in [0.1, 0.15) is 7.85 Å². The van der Waals surface area contributed by atoms with Gasteiger partial charge < -0.3 is 0 Å². The van der Waals surface area contributed by atoms with E-state index in [4.69, 9.17) is 0 Å². The molecule has 94 valence electrons. The summed E-state index contributed by atoms with van der Waals surface area (Å²) in [5, 5.41) is 2.71. The Morgan fingerprint density at radius 1 is 0.850 bits per heavy atom. The van der Waals surface area contributed by atoms with Crippen LogP contribution in [0.5, 0.6) is 0 Å². The highest BCUT2D eigenvalue weighted by atomic mass is 32.1. The van der Waals surface area contributed by atoms with Crippen molar-refractivity contribution < 1.29 is 0 Å². The molecule has 2 heterocycles. The van der Waals surface area contributed by atoms with Gasteiger partial charge in [0.05, 0.1) is 0 Å². The maximum Gasteiger partial charge on any atom is 0.141 e. The molecule has 0 aliphatic rings. The van der Waals surface area contributed by atoms with Crippen LogP contribution in [-0.2, 0) is 0 Å². The molecular formula is C17H12BNS. The van der Waals surface area contributed by atoms with Crippen LogP contribution in [0.3, 0.4) is 0 Å². The van der Waals surface area contributed by atoms with Crippen LogP contribution >= 0.6 is 11.3 Å². The van der Waals surface area contributed by atoms with Crippen molar-refractivity contribution in [2.45, 2.75) is 0 Å². The van der Waals surface area contributed by atoms with Crippen LogP contribution in [0, 0.1) is 0 Å². The molecular weight excluding hydrogens is 261 g/mol. The van der Waals surface area contributed by atoms with Crippen molar-refractivity contribution in [2.75, 3.05) is 0 Å². The number of rotatable bonds is 1. The van der Waals surface area contributed by atoms with E-state index in [9.17, 15) is 0 Å². The predicted molar refractivity (Wildman–Crippen MR) is 90.7 cm³/mol. The van der Waals surface area contributed by atoms with E-state index in [1.165, 1.54) is 36.8 Å². The third-order valence-electron chi connectivity index (χ3n) is 3.68. The Morgan fingerprint density at radius 2 is 1.65 bits per heavy atom. The lowest BCUT2D eigenvalue weighted by Gasteiger charge is -2.04. The van der Waals surface area contributed by atoms with Crippen molar-refractivity contribution >= 4 is 44.8 Å². The standard InChI is InChI=1S/C17H12BNS/c18-15-10-12(11-5-7-19-8-6-11)9-14-13-3-1-2-4-16(13)20-17(14)15/h1-10H,18H2. The minimum absolute atomic E-state index is 1.22. The fourth-order valence-electron chi connectivity index (χ4n) is 2.71. The highest BCUT2D eigenvalue weighted by Gasteiger charge is 2.09. The van der Waals surface area contributed by atoms with Gasteiger partial charge in [-0.05, 0) is 35.4 Å². The Hall–Kier alpha value is -2.13. The van der Waals surface area contributed by atoms with Gasteiger partial charge in [-0.3, -0.25) is 4.98 Å². The molecule has 20 heavy (non-hydrogen) atoms. The van der Waals surface area contributed by atoms with Crippen molar-refractivity contribution in [2.24, 2.45) is 0 Å². The molecule has 3 heteroatoms. The van der Waals surface area contributed by atoms with Gasteiger partial charge in [-0.2, -0.15) is 0 Å². The molecule has 0 aliphatic carbocycles. The van der Waals surface area contributed by atoms with Crippen molar-refractivity contribution in [3.63, 3.8) is 0 Å². The van der Waals surface area contributed by atoms with Crippen LogP contribution in [0.25, 0.3) is 31.3 Å². The third-order valence-corrected chi connectivity index (χ3v) is 5.00. The van der Waals surface area contributed by atoms with Crippen molar-refractivity contribution in [3.05, 3.63) is 60.9 Å². The summed E-state index contributed by atoms with van der Waals surface area (Å²) in [6.45, 7) is 0. The molecule has 0 bridgehead atoms. The zero-order valence-electron chi connectivity index (χ0n) is 11.1. The first-order valence-electron chi connectivity index (χ1n) is 6.65. The highest BCUT2D eigenvalue weighted by Crippen LogP contribution is 2.34. The fourth-order valence-corrected chi connectivity index (χ4v) is 3.86. The van der Waals surface area contributed by atoms with Crippen molar-refractivity contribution in [3.8, 4) is 11.1 Å². The first kappa shape index (κ1) is 11.7. The molecule has 0 spiro atoms. The Labute approximate surface area is 122 Å². The Bertz CT molecular complexity index is 912. The number of benzene rings is 2. The number of fused-ring (bicyclic) bond motifs is 3. The number of pyridine rings is 1. The first-order valence-corrected chi connectivity index (χ1v) is 7.47. The fraction of sp³-hybridized carbons (Fsp3) is 0. The molecule has 0 unspecified atom stereocenters. The van der Waals surface area contributed by atoms with Gasteiger partial charge >= 0.3 is 0 Å². The summed E-state index contributed by atoms with van der Waals surface area (Å²) >= 11 is 1.88. The minimum atomic E-state index is 1.22. The quantitative estimate of drug-likeness (QED) is 0.484. The molecule has 0 fully saturated rings. The van der Waals surface area contributed by atoms with E-state index >= 15 is 0 Å². The topological polar surface area (TPSA) is 12.9 Å². The van der Waals surface area contributed by atoms with Crippen LogP contribution < -0.4 is 5.46 Å². The van der Waals surface area contributed by atoms with E-state index in [2.05, 4.69) is 61.4 Å². The zero-order valence-corrected chi connectivity index (χ0v) is 11.9. The maximum atomic E-state index is 4.10. The summed E-state index contributed by atoms with van der Waals surface area (Å²) in [5.41, 5.74) is 3.83. The summed E-state index contributed by atoms with van der Waals surface area (Å²) in [6.07, 6.45) is 3.70. The van der Waals surface area contributed by atoms with Gasteiger partial charge in [0, 0.05) is 32.6 Å². The lowest BCUT2D eigenvalue weighted by atomic mass is 9.90. The second-order valence-corrected chi connectivity index (χ2v) is 6.06. The van der Waals surface area contributed by atoms with E-state index in [1.807, 2.05) is 23.7 Å². The van der Waals surface area contributed by atoms with Crippen LogP contribution in [-0.4, -0.2) is 12.8 Å². The van der Waals surface area contributed by atoms with Gasteiger partial charge in [0.15, 0.2) is 0 Å². The van der Waals surface area contributed by atoms with Gasteiger partial charge in [0.2, 0.25) is 0 Å². The van der Waals surface area contributed by atoms with E-state index < -0.39 is 0 Å². The Morgan fingerprint density at radius 3 is 2.50 bits per heavy atom. The second kappa shape index (κ2) is 4.46. The summed E-state index contributed by atoms with van der Waals surface area (Å²) in [6, 6.07) is 17.3. The highest BCUT2D eigenvalue weighted by molar-refractivity contribution is 7.26. The van der Waals surface area contributed by atoms with Crippen LogP contribution in [0.4, 0.5) is 0 Å². The molecule has 0 radical (unpaired) electrons. The van der Waals surface area contributed by atoms with Gasteiger partial charge in [-0.1, -0.05) is 29.7 Å².